The number of benzene rings is 1. The van der Waals surface area contributed by atoms with E-state index in [1.165, 1.54) is 15.3 Å². The Morgan fingerprint density at radius 1 is 1.32 bits per heavy atom. The quantitative estimate of drug-likeness (QED) is 0.830. The number of nitrogens with zero attached hydrogens (tertiary/aromatic N) is 1. The minimum atomic E-state index is 0.167. The molecule has 1 aromatic carbocycles. The van der Waals surface area contributed by atoms with Crippen molar-refractivity contribution in [1.29, 1.82) is 5.26 Å². The molecular formula is C15H17N3S. The molecule has 0 bridgehead atoms. The number of hydrogen-bond donors (Lipinski definition) is 2. The minimum Gasteiger partial charge on any atom is -0.399 e. The highest BCUT2D eigenvalue weighted by Gasteiger charge is 2.12. The summed E-state index contributed by atoms with van der Waals surface area (Å²) in [5, 5.41) is 12.5. The molecule has 2 aromatic rings. The van der Waals surface area contributed by atoms with Gasteiger partial charge in [-0.3, -0.25) is 0 Å². The maximum absolute atomic E-state index is 9.14. The molecule has 0 saturated heterocycles. The Morgan fingerprint density at radius 2 is 2.05 bits per heavy atom. The predicted octanol–water partition coefficient (Wildman–Crippen LogP) is 3.99. The van der Waals surface area contributed by atoms with Gasteiger partial charge in [0.25, 0.3) is 0 Å². The molecule has 0 amide bonds. The van der Waals surface area contributed by atoms with Crippen LogP contribution in [0.1, 0.15) is 33.8 Å². The molecule has 1 atom stereocenters. The first-order chi connectivity index (χ1) is 9.01. The van der Waals surface area contributed by atoms with Crippen molar-refractivity contribution < 1.29 is 0 Å². The Hall–Kier alpha value is -1.99. The molecule has 0 aliphatic carbocycles. The Labute approximate surface area is 117 Å². The van der Waals surface area contributed by atoms with Gasteiger partial charge in [-0.25, -0.2) is 0 Å². The van der Waals surface area contributed by atoms with Gasteiger partial charge < -0.3 is 11.1 Å². The van der Waals surface area contributed by atoms with Crippen LogP contribution in [-0.4, -0.2) is 0 Å². The van der Waals surface area contributed by atoms with Crippen LogP contribution in [0.15, 0.2) is 24.3 Å². The second-order valence-electron chi connectivity index (χ2n) is 4.65. The van der Waals surface area contributed by atoms with E-state index >= 15 is 0 Å². The molecule has 4 heteroatoms. The highest BCUT2D eigenvalue weighted by molar-refractivity contribution is 7.12. The number of hydrogen-bond acceptors (Lipinski definition) is 4. The average molecular weight is 271 g/mol. The molecule has 1 aromatic heterocycles. The molecule has 3 nitrogen and oxygen atoms in total. The monoisotopic (exact) mass is 271 g/mol. The number of nitrogens with two attached hydrogens (primary N) is 1. The lowest BCUT2D eigenvalue weighted by atomic mass is 10.1. The van der Waals surface area contributed by atoms with E-state index in [-0.39, 0.29) is 6.04 Å². The summed E-state index contributed by atoms with van der Waals surface area (Å²) in [6.45, 7) is 6.34. The van der Waals surface area contributed by atoms with E-state index in [0.717, 1.165) is 5.69 Å². The van der Waals surface area contributed by atoms with Crippen LogP contribution in [0.2, 0.25) is 0 Å². The second-order valence-corrected chi connectivity index (χ2v) is 6.11. The topological polar surface area (TPSA) is 61.8 Å². The zero-order valence-corrected chi connectivity index (χ0v) is 12.1. The number of nitrogens with one attached hydrogen (secondary N) is 1. The molecule has 1 heterocycles. The van der Waals surface area contributed by atoms with Crippen LogP contribution in [0, 0.1) is 25.2 Å². The van der Waals surface area contributed by atoms with Gasteiger partial charge >= 0.3 is 0 Å². The van der Waals surface area contributed by atoms with Crippen molar-refractivity contribution >= 4 is 22.7 Å². The molecule has 1 unspecified atom stereocenters. The van der Waals surface area contributed by atoms with Gasteiger partial charge in [0, 0.05) is 21.5 Å². The molecule has 0 radical (unpaired) electrons. The molecule has 0 spiro atoms. The zero-order chi connectivity index (χ0) is 14.0. The first-order valence-electron chi connectivity index (χ1n) is 6.14. The van der Waals surface area contributed by atoms with E-state index in [1.54, 1.807) is 17.4 Å². The Morgan fingerprint density at radius 3 is 2.63 bits per heavy atom. The van der Waals surface area contributed by atoms with Gasteiger partial charge in [-0.05, 0) is 50.6 Å². The molecule has 98 valence electrons. The third kappa shape index (κ3) is 2.88. The summed E-state index contributed by atoms with van der Waals surface area (Å²) in [5.74, 6) is 0. The standard InChI is InChI=1S/C15H17N3S/c1-9-6-14(11(3)19-9)10(2)18-15-5-4-13(17)7-12(15)8-16/h4-7,10,18H,17H2,1-3H3. The fraction of sp³-hybridized carbons (Fsp3) is 0.267. The molecule has 0 aliphatic heterocycles. The smallest absolute Gasteiger partial charge is 0.101 e. The third-order valence-electron chi connectivity index (χ3n) is 3.08. The average Bonchev–Trinajstić information content (AvgIpc) is 2.70. The van der Waals surface area contributed by atoms with Crippen molar-refractivity contribution in [2.24, 2.45) is 0 Å². The number of anilines is 2. The van der Waals surface area contributed by atoms with Crippen LogP contribution in [0.4, 0.5) is 11.4 Å². The van der Waals surface area contributed by atoms with Crippen molar-refractivity contribution in [3.8, 4) is 6.07 Å². The Kier molecular flexibility index (Phi) is 3.77. The van der Waals surface area contributed by atoms with E-state index in [0.29, 0.717) is 11.3 Å². The first-order valence-corrected chi connectivity index (χ1v) is 6.96. The number of nitriles is 1. The van der Waals surface area contributed by atoms with E-state index in [9.17, 15) is 0 Å². The lowest BCUT2D eigenvalue weighted by Crippen LogP contribution is -2.08. The van der Waals surface area contributed by atoms with Crippen molar-refractivity contribution in [2.45, 2.75) is 26.8 Å². The van der Waals surface area contributed by atoms with Crippen molar-refractivity contribution in [3.05, 3.63) is 45.1 Å². The van der Waals surface area contributed by atoms with E-state index in [4.69, 9.17) is 11.0 Å². The maximum atomic E-state index is 9.14. The summed E-state index contributed by atoms with van der Waals surface area (Å²) in [5.41, 5.74) is 8.99. The molecule has 0 aliphatic rings. The van der Waals surface area contributed by atoms with Gasteiger partial charge in [-0.15, -0.1) is 11.3 Å². The summed E-state index contributed by atoms with van der Waals surface area (Å²) in [4.78, 5) is 2.62. The lowest BCUT2D eigenvalue weighted by Gasteiger charge is -2.16. The fourth-order valence-electron chi connectivity index (χ4n) is 2.17. The highest BCUT2D eigenvalue weighted by Crippen LogP contribution is 2.29. The van der Waals surface area contributed by atoms with Crippen LogP contribution < -0.4 is 11.1 Å². The summed E-state index contributed by atoms with van der Waals surface area (Å²) < 4.78 is 0. The van der Waals surface area contributed by atoms with E-state index in [2.05, 4.69) is 38.2 Å². The predicted molar refractivity (Wildman–Crippen MR) is 81.4 cm³/mol. The van der Waals surface area contributed by atoms with Gasteiger partial charge in [-0.1, -0.05) is 0 Å². The number of thiophene rings is 1. The van der Waals surface area contributed by atoms with E-state index < -0.39 is 0 Å². The van der Waals surface area contributed by atoms with Crippen molar-refractivity contribution in [3.63, 3.8) is 0 Å². The number of aryl methyl sites for hydroxylation is 2. The van der Waals surface area contributed by atoms with Crippen LogP contribution in [0.3, 0.4) is 0 Å². The van der Waals surface area contributed by atoms with Gasteiger partial charge in [0.05, 0.1) is 11.3 Å². The maximum Gasteiger partial charge on any atom is 0.101 e. The van der Waals surface area contributed by atoms with Crippen LogP contribution >= 0.6 is 11.3 Å². The summed E-state index contributed by atoms with van der Waals surface area (Å²) in [7, 11) is 0. The lowest BCUT2D eigenvalue weighted by molar-refractivity contribution is 0.881. The molecule has 3 N–H and O–H groups in total. The molecule has 0 saturated carbocycles. The SMILES string of the molecule is Cc1cc(C(C)Nc2ccc(N)cc2C#N)c(C)s1. The number of nitrogen functional groups attached to an aromatic ring is 1. The van der Waals surface area contributed by atoms with Crippen molar-refractivity contribution in [2.75, 3.05) is 11.1 Å². The van der Waals surface area contributed by atoms with Crippen LogP contribution in [0.25, 0.3) is 0 Å². The first kappa shape index (κ1) is 13.4. The van der Waals surface area contributed by atoms with Crippen LogP contribution in [0.5, 0.6) is 0 Å². The third-order valence-corrected chi connectivity index (χ3v) is 4.06. The summed E-state index contributed by atoms with van der Waals surface area (Å²) in [6, 6.07) is 9.90. The van der Waals surface area contributed by atoms with E-state index in [1.807, 2.05) is 12.1 Å². The normalized spacial score (nSPS) is 11.9. The second kappa shape index (κ2) is 5.33. The minimum absolute atomic E-state index is 0.167. The Balaban J connectivity index is 2.27. The molecule has 2 rings (SSSR count). The fourth-order valence-corrected chi connectivity index (χ4v) is 3.19. The zero-order valence-electron chi connectivity index (χ0n) is 11.3. The van der Waals surface area contributed by atoms with Crippen molar-refractivity contribution in [1.82, 2.24) is 0 Å². The van der Waals surface area contributed by atoms with Crippen LogP contribution in [-0.2, 0) is 0 Å². The van der Waals surface area contributed by atoms with Gasteiger partial charge in [0.1, 0.15) is 6.07 Å². The van der Waals surface area contributed by atoms with Gasteiger partial charge in [0.2, 0.25) is 0 Å². The molecule has 0 fully saturated rings. The Bertz CT molecular complexity index is 637. The summed E-state index contributed by atoms with van der Waals surface area (Å²) >= 11 is 1.80. The number of rotatable bonds is 3. The van der Waals surface area contributed by atoms with Gasteiger partial charge in [0.15, 0.2) is 0 Å². The highest BCUT2D eigenvalue weighted by atomic mass is 32.1. The molecule has 19 heavy (non-hydrogen) atoms. The van der Waals surface area contributed by atoms with Gasteiger partial charge in [-0.2, -0.15) is 5.26 Å². The molecular weight excluding hydrogens is 254 g/mol. The largest absolute Gasteiger partial charge is 0.399 e. The summed E-state index contributed by atoms with van der Waals surface area (Å²) in [6.07, 6.45) is 0.